The molecule has 1 fully saturated rings. The Balaban J connectivity index is 1.88. The first-order chi connectivity index (χ1) is 2.93. The first-order valence-electron chi connectivity index (χ1n) is 2.22. The van der Waals surface area contributed by atoms with Crippen LogP contribution in [0.3, 0.4) is 0 Å². The van der Waals surface area contributed by atoms with Gasteiger partial charge in [0.1, 0.15) is 0 Å². The summed E-state index contributed by atoms with van der Waals surface area (Å²) in [6.45, 7) is 4.01. The van der Waals surface area contributed by atoms with E-state index in [1.807, 2.05) is 0 Å². The van der Waals surface area contributed by atoms with Crippen molar-refractivity contribution in [2.75, 3.05) is 24.1 Å². The smallest absolute Gasteiger partial charge is 0.0123 e. The zero-order chi connectivity index (χ0) is 4.41. The molecule has 0 N–H and O–H groups in total. The summed E-state index contributed by atoms with van der Waals surface area (Å²) in [5, 5.41) is 0. The summed E-state index contributed by atoms with van der Waals surface area (Å²) in [6.07, 6.45) is 0. The van der Waals surface area contributed by atoms with E-state index in [-0.39, 0.29) is 0 Å². The molecule has 0 radical (unpaired) electrons. The highest BCUT2D eigenvalue weighted by molar-refractivity contribution is 14.1. The summed E-state index contributed by atoms with van der Waals surface area (Å²) in [4.78, 5) is 2.42. The fourth-order valence-electron chi connectivity index (χ4n) is 0.414. The predicted molar refractivity (Wildman–Crippen MR) is 35.3 cm³/mol. The maximum absolute atomic E-state index is 2.42. The largest absolute Gasteiger partial charge is 0.300 e. The quantitative estimate of drug-likeness (QED) is 0.358. The Morgan fingerprint density at radius 2 is 2.17 bits per heavy atom. The molecule has 0 bridgehead atoms. The van der Waals surface area contributed by atoms with Gasteiger partial charge in [-0.2, -0.15) is 0 Å². The van der Waals surface area contributed by atoms with Gasteiger partial charge in [0.25, 0.3) is 0 Å². The highest BCUT2D eigenvalue weighted by atomic mass is 127. The summed E-state index contributed by atoms with van der Waals surface area (Å²) in [5.41, 5.74) is 0. The molecule has 1 rings (SSSR count). The van der Waals surface area contributed by atoms with Gasteiger partial charge in [-0.15, -0.1) is 0 Å². The molecule has 0 unspecified atom stereocenters. The third-order valence-electron chi connectivity index (χ3n) is 0.941. The van der Waals surface area contributed by atoms with Crippen LogP contribution >= 0.6 is 22.6 Å². The molecule has 2 heteroatoms. The van der Waals surface area contributed by atoms with Crippen LogP contribution in [-0.2, 0) is 0 Å². The molecule has 1 nitrogen and oxygen atoms in total. The van der Waals surface area contributed by atoms with Crippen molar-refractivity contribution in [3.05, 3.63) is 0 Å². The van der Waals surface area contributed by atoms with E-state index < -0.39 is 0 Å². The van der Waals surface area contributed by atoms with E-state index in [1.54, 1.807) is 0 Å². The van der Waals surface area contributed by atoms with E-state index in [0.717, 1.165) is 0 Å². The summed E-state index contributed by atoms with van der Waals surface area (Å²) in [5.74, 6) is 0. The molecule has 0 saturated carbocycles. The molecule has 0 aromatic heterocycles. The van der Waals surface area contributed by atoms with E-state index in [2.05, 4.69) is 27.5 Å². The van der Waals surface area contributed by atoms with Gasteiger partial charge >= 0.3 is 0 Å². The average molecular weight is 197 g/mol. The van der Waals surface area contributed by atoms with E-state index in [9.17, 15) is 0 Å². The van der Waals surface area contributed by atoms with Crippen LogP contribution in [0.25, 0.3) is 0 Å². The standard InChI is InChI=1S/C4H8IN/c5-1-2-6-3-4-6/h1-4H2. The summed E-state index contributed by atoms with van der Waals surface area (Å²) in [6, 6.07) is 0. The van der Waals surface area contributed by atoms with Crippen LogP contribution in [0.5, 0.6) is 0 Å². The molecule has 36 valence electrons. The van der Waals surface area contributed by atoms with Gasteiger partial charge in [-0.25, -0.2) is 0 Å². The van der Waals surface area contributed by atoms with Gasteiger partial charge in [0.15, 0.2) is 0 Å². The molecule has 1 aliphatic rings. The number of halogens is 1. The van der Waals surface area contributed by atoms with Crippen molar-refractivity contribution in [2.45, 2.75) is 0 Å². The SMILES string of the molecule is ICCN1CC1. The van der Waals surface area contributed by atoms with Gasteiger partial charge in [0.2, 0.25) is 0 Å². The van der Waals surface area contributed by atoms with Gasteiger partial charge in [0, 0.05) is 24.1 Å². The molecule has 0 atom stereocenters. The lowest BCUT2D eigenvalue weighted by Crippen LogP contribution is -1.97. The molecule has 0 aromatic rings. The Morgan fingerprint density at radius 1 is 1.50 bits per heavy atom. The Hall–Kier alpha value is 0.690. The second-order valence-corrected chi connectivity index (χ2v) is 2.61. The lowest BCUT2D eigenvalue weighted by atomic mass is 10.8. The van der Waals surface area contributed by atoms with Crippen LogP contribution < -0.4 is 0 Å². The fourth-order valence-corrected chi connectivity index (χ4v) is 1.10. The van der Waals surface area contributed by atoms with Crippen molar-refractivity contribution >= 4 is 22.6 Å². The van der Waals surface area contributed by atoms with Gasteiger partial charge in [-0.05, 0) is 0 Å². The van der Waals surface area contributed by atoms with Crippen molar-refractivity contribution in [1.82, 2.24) is 4.90 Å². The van der Waals surface area contributed by atoms with Crippen molar-refractivity contribution in [3.63, 3.8) is 0 Å². The van der Waals surface area contributed by atoms with Gasteiger partial charge < -0.3 is 4.90 Å². The first kappa shape index (κ1) is 4.84. The van der Waals surface area contributed by atoms with Crippen LogP contribution in [0.1, 0.15) is 0 Å². The Bertz CT molecular complexity index is 42.8. The van der Waals surface area contributed by atoms with Crippen molar-refractivity contribution in [3.8, 4) is 0 Å². The topological polar surface area (TPSA) is 3.01 Å². The molecule has 1 heterocycles. The first-order valence-corrected chi connectivity index (χ1v) is 3.74. The molecule has 0 amide bonds. The molecule has 6 heavy (non-hydrogen) atoms. The van der Waals surface area contributed by atoms with Crippen LogP contribution in [-0.4, -0.2) is 29.0 Å². The number of hydrogen-bond donors (Lipinski definition) is 0. The van der Waals surface area contributed by atoms with E-state index in [0.29, 0.717) is 0 Å². The third kappa shape index (κ3) is 1.43. The number of alkyl halides is 1. The lowest BCUT2D eigenvalue weighted by molar-refractivity contribution is 0.605. The van der Waals surface area contributed by atoms with Gasteiger partial charge in [-0.1, -0.05) is 22.6 Å². The van der Waals surface area contributed by atoms with Crippen molar-refractivity contribution < 1.29 is 0 Å². The molecular weight excluding hydrogens is 189 g/mol. The molecule has 1 saturated heterocycles. The Morgan fingerprint density at radius 3 is 2.33 bits per heavy atom. The maximum atomic E-state index is 2.42. The minimum absolute atomic E-state index is 1.29. The van der Waals surface area contributed by atoms with Crippen LogP contribution in [0.4, 0.5) is 0 Å². The maximum Gasteiger partial charge on any atom is 0.0123 e. The normalized spacial score (nSPS) is 21.5. The van der Waals surface area contributed by atoms with E-state index in [4.69, 9.17) is 0 Å². The number of rotatable bonds is 2. The minimum Gasteiger partial charge on any atom is -0.300 e. The zero-order valence-electron chi connectivity index (χ0n) is 3.65. The van der Waals surface area contributed by atoms with E-state index in [1.165, 1.54) is 24.1 Å². The van der Waals surface area contributed by atoms with Crippen LogP contribution in [0, 0.1) is 0 Å². The number of nitrogens with zero attached hydrogens (tertiary/aromatic N) is 1. The van der Waals surface area contributed by atoms with E-state index >= 15 is 0 Å². The highest BCUT2D eigenvalue weighted by Crippen LogP contribution is 2.01. The molecular formula is C4H8IN. The summed E-state index contributed by atoms with van der Waals surface area (Å²) in [7, 11) is 0. The predicted octanol–water partition coefficient (Wildman–Crippen LogP) is 0.737. The van der Waals surface area contributed by atoms with Crippen molar-refractivity contribution in [2.24, 2.45) is 0 Å². The summed E-state index contributed by atoms with van der Waals surface area (Å²) >= 11 is 2.40. The molecule has 1 aliphatic heterocycles. The average Bonchev–Trinajstić information content (AvgIpc) is 2.21. The minimum atomic E-state index is 1.29. The van der Waals surface area contributed by atoms with Gasteiger partial charge in [0.05, 0.1) is 0 Å². The molecule has 0 aromatic carbocycles. The third-order valence-corrected chi connectivity index (χ3v) is 1.42. The summed E-state index contributed by atoms with van der Waals surface area (Å²) < 4.78 is 1.29. The fraction of sp³-hybridized carbons (Fsp3) is 1.00. The zero-order valence-corrected chi connectivity index (χ0v) is 5.81. The Kier molecular flexibility index (Phi) is 1.71. The second kappa shape index (κ2) is 2.12. The van der Waals surface area contributed by atoms with Crippen LogP contribution in [0.2, 0.25) is 0 Å². The molecule has 0 spiro atoms. The second-order valence-electron chi connectivity index (χ2n) is 1.53. The van der Waals surface area contributed by atoms with Crippen molar-refractivity contribution in [1.29, 1.82) is 0 Å². The van der Waals surface area contributed by atoms with Gasteiger partial charge in [-0.3, -0.25) is 0 Å². The monoisotopic (exact) mass is 197 g/mol. The molecule has 0 aliphatic carbocycles. The van der Waals surface area contributed by atoms with Crippen LogP contribution in [0.15, 0.2) is 0 Å². The highest BCUT2D eigenvalue weighted by Gasteiger charge is 2.14. The lowest BCUT2D eigenvalue weighted by Gasteiger charge is -1.88. The Labute approximate surface area is 51.8 Å². The number of hydrogen-bond acceptors (Lipinski definition) is 1.